The summed E-state index contributed by atoms with van der Waals surface area (Å²) < 4.78 is 0. The smallest absolute Gasteiger partial charge is 0.156 e. The Balaban J connectivity index is 1.80. The molecule has 84 valence electrons. The maximum atomic E-state index is 11.9. The molecule has 1 aliphatic carbocycles. The first-order valence-corrected chi connectivity index (χ1v) is 7.37. The minimum absolute atomic E-state index is 0.0696. The van der Waals surface area contributed by atoms with Crippen LogP contribution in [0.1, 0.15) is 32.6 Å². The monoisotopic (exact) mass is 243 g/mol. The Morgan fingerprint density at radius 3 is 3.13 bits per heavy atom. The third kappa shape index (κ3) is 2.80. The van der Waals surface area contributed by atoms with Crippen LogP contribution in [0.2, 0.25) is 0 Å². The number of allylic oxidation sites excluding steroid dienone is 2. The van der Waals surface area contributed by atoms with Crippen molar-refractivity contribution in [1.82, 2.24) is 0 Å². The lowest BCUT2D eigenvalue weighted by Crippen LogP contribution is -2.21. The molecule has 0 aromatic rings. The zero-order valence-electron chi connectivity index (χ0n) is 8.99. The van der Waals surface area contributed by atoms with Crippen molar-refractivity contribution in [3.63, 3.8) is 0 Å². The maximum absolute atomic E-state index is 11.9. The first-order valence-electron chi connectivity index (χ1n) is 5.44. The summed E-state index contributed by atoms with van der Waals surface area (Å²) >= 11 is 3.37. The SMILES string of the molecule is CC(N)SCC(=O)C1CC2=C(CCC2)S1. The zero-order chi connectivity index (χ0) is 10.8. The van der Waals surface area contributed by atoms with E-state index in [4.69, 9.17) is 5.73 Å². The molecule has 0 aromatic heterocycles. The van der Waals surface area contributed by atoms with E-state index in [9.17, 15) is 4.79 Å². The van der Waals surface area contributed by atoms with E-state index >= 15 is 0 Å². The van der Waals surface area contributed by atoms with E-state index in [0.717, 1.165) is 6.42 Å². The fraction of sp³-hybridized carbons (Fsp3) is 0.727. The minimum Gasteiger partial charge on any atom is -0.320 e. The number of ketones is 1. The van der Waals surface area contributed by atoms with Gasteiger partial charge in [0, 0.05) is 5.37 Å². The van der Waals surface area contributed by atoms with Gasteiger partial charge in [0.05, 0.1) is 11.0 Å². The van der Waals surface area contributed by atoms with Crippen molar-refractivity contribution in [2.75, 3.05) is 5.75 Å². The van der Waals surface area contributed by atoms with Gasteiger partial charge in [-0.2, -0.15) is 0 Å². The molecule has 0 amide bonds. The highest BCUT2D eigenvalue weighted by Gasteiger charge is 2.31. The average Bonchev–Trinajstić information content (AvgIpc) is 2.72. The minimum atomic E-state index is 0.0696. The van der Waals surface area contributed by atoms with Crippen LogP contribution in [0.15, 0.2) is 10.5 Å². The van der Waals surface area contributed by atoms with Gasteiger partial charge in [-0.25, -0.2) is 0 Å². The third-order valence-corrected chi connectivity index (χ3v) is 5.31. The highest BCUT2D eigenvalue weighted by Crippen LogP contribution is 2.47. The quantitative estimate of drug-likeness (QED) is 0.771. The van der Waals surface area contributed by atoms with E-state index < -0.39 is 0 Å². The second-order valence-corrected chi connectivity index (χ2v) is 6.84. The summed E-state index contributed by atoms with van der Waals surface area (Å²) in [6.45, 7) is 1.93. The Morgan fingerprint density at radius 1 is 1.67 bits per heavy atom. The molecule has 0 aromatic carbocycles. The summed E-state index contributed by atoms with van der Waals surface area (Å²) in [6, 6.07) is 0. The van der Waals surface area contributed by atoms with Crippen molar-refractivity contribution in [2.45, 2.75) is 43.2 Å². The van der Waals surface area contributed by atoms with Crippen molar-refractivity contribution >= 4 is 29.3 Å². The molecule has 0 radical (unpaired) electrons. The van der Waals surface area contributed by atoms with Gasteiger partial charge in [-0.1, -0.05) is 5.57 Å². The summed E-state index contributed by atoms with van der Waals surface area (Å²) in [4.78, 5) is 13.4. The number of rotatable bonds is 4. The van der Waals surface area contributed by atoms with Gasteiger partial charge in [-0.15, -0.1) is 23.5 Å². The standard InChI is InChI=1S/C11H17NOS2/c1-7(12)14-6-9(13)11-5-8-3-2-4-10(8)15-11/h7,11H,2-6,12H2,1H3. The van der Waals surface area contributed by atoms with E-state index in [0.29, 0.717) is 11.5 Å². The van der Waals surface area contributed by atoms with Crippen LogP contribution in [0.4, 0.5) is 0 Å². The molecule has 2 unspecified atom stereocenters. The molecule has 0 saturated heterocycles. The van der Waals surface area contributed by atoms with Crippen LogP contribution in [-0.4, -0.2) is 22.2 Å². The van der Waals surface area contributed by atoms with Crippen molar-refractivity contribution in [3.8, 4) is 0 Å². The van der Waals surface area contributed by atoms with Crippen LogP contribution in [0.3, 0.4) is 0 Å². The number of nitrogens with two attached hydrogens (primary N) is 1. The van der Waals surface area contributed by atoms with Crippen LogP contribution in [0, 0.1) is 0 Å². The fourth-order valence-electron chi connectivity index (χ4n) is 2.06. The van der Waals surface area contributed by atoms with Crippen LogP contribution in [0.25, 0.3) is 0 Å². The Hall–Kier alpha value is 0.0700. The topological polar surface area (TPSA) is 43.1 Å². The summed E-state index contributed by atoms with van der Waals surface area (Å²) in [7, 11) is 0. The van der Waals surface area contributed by atoms with Gasteiger partial charge in [0.15, 0.2) is 5.78 Å². The first-order chi connectivity index (χ1) is 7.16. The Kier molecular flexibility index (Phi) is 3.80. The molecule has 1 aliphatic heterocycles. The number of thioether (sulfide) groups is 2. The van der Waals surface area contributed by atoms with Gasteiger partial charge >= 0.3 is 0 Å². The lowest BCUT2D eigenvalue weighted by Gasteiger charge is -2.11. The molecule has 1 heterocycles. The molecular weight excluding hydrogens is 226 g/mol. The molecule has 2 rings (SSSR count). The van der Waals surface area contributed by atoms with E-state index in [2.05, 4.69) is 0 Å². The molecule has 0 saturated carbocycles. The van der Waals surface area contributed by atoms with Crippen LogP contribution in [0.5, 0.6) is 0 Å². The summed E-state index contributed by atoms with van der Waals surface area (Å²) in [5.41, 5.74) is 7.18. The summed E-state index contributed by atoms with van der Waals surface area (Å²) in [5.74, 6) is 0.951. The Morgan fingerprint density at radius 2 is 2.47 bits per heavy atom. The molecule has 4 heteroatoms. The predicted molar refractivity (Wildman–Crippen MR) is 68.0 cm³/mol. The number of carbonyl (C=O) groups excluding carboxylic acids is 1. The average molecular weight is 243 g/mol. The van der Waals surface area contributed by atoms with Gasteiger partial charge < -0.3 is 5.73 Å². The molecule has 0 bridgehead atoms. The number of carbonyl (C=O) groups is 1. The molecule has 0 spiro atoms. The van der Waals surface area contributed by atoms with Gasteiger partial charge in [0.1, 0.15) is 0 Å². The van der Waals surface area contributed by atoms with Crippen LogP contribution < -0.4 is 5.73 Å². The van der Waals surface area contributed by atoms with Crippen molar-refractivity contribution in [1.29, 1.82) is 0 Å². The molecule has 15 heavy (non-hydrogen) atoms. The highest BCUT2D eigenvalue weighted by atomic mass is 32.2. The molecule has 2 aliphatic rings. The number of Topliss-reactive ketones (excluding diaryl/α,β-unsaturated/α-hetero) is 1. The van der Waals surface area contributed by atoms with E-state index in [1.54, 1.807) is 17.3 Å². The van der Waals surface area contributed by atoms with E-state index in [-0.39, 0.29) is 10.6 Å². The summed E-state index contributed by atoms with van der Waals surface area (Å²) in [6.07, 6.45) is 4.75. The molecule has 2 atom stereocenters. The van der Waals surface area contributed by atoms with Crippen molar-refractivity contribution < 1.29 is 4.79 Å². The van der Waals surface area contributed by atoms with E-state index in [1.807, 2.05) is 18.7 Å². The highest BCUT2D eigenvalue weighted by molar-refractivity contribution is 8.05. The number of hydrogen-bond acceptors (Lipinski definition) is 4. The van der Waals surface area contributed by atoms with Crippen LogP contribution >= 0.6 is 23.5 Å². The number of hydrogen-bond donors (Lipinski definition) is 1. The van der Waals surface area contributed by atoms with Gasteiger partial charge in [-0.3, -0.25) is 4.79 Å². The predicted octanol–water partition coefficient (Wildman–Crippen LogP) is 2.54. The van der Waals surface area contributed by atoms with Gasteiger partial charge in [0.2, 0.25) is 0 Å². The van der Waals surface area contributed by atoms with Gasteiger partial charge in [0.25, 0.3) is 0 Å². The van der Waals surface area contributed by atoms with Crippen molar-refractivity contribution in [3.05, 3.63) is 10.5 Å². The Labute approximate surface area is 99.4 Å². The largest absolute Gasteiger partial charge is 0.320 e. The second kappa shape index (κ2) is 4.93. The maximum Gasteiger partial charge on any atom is 0.156 e. The second-order valence-electron chi connectivity index (χ2n) is 4.17. The van der Waals surface area contributed by atoms with Gasteiger partial charge in [-0.05, 0) is 37.5 Å². The molecular formula is C11H17NOS2. The lowest BCUT2D eigenvalue weighted by atomic mass is 10.1. The van der Waals surface area contributed by atoms with Crippen molar-refractivity contribution in [2.24, 2.45) is 5.73 Å². The third-order valence-electron chi connectivity index (χ3n) is 2.84. The summed E-state index contributed by atoms with van der Waals surface area (Å²) in [5, 5.41) is 0.279. The van der Waals surface area contributed by atoms with Crippen LogP contribution in [-0.2, 0) is 4.79 Å². The first kappa shape index (κ1) is 11.6. The Bertz CT molecular complexity index is 283. The molecule has 2 nitrogen and oxygen atoms in total. The molecule has 2 N–H and O–H groups in total. The zero-order valence-corrected chi connectivity index (χ0v) is 10.6. The normalized spacial score (nSPS) is 26.9. The lowest BCUT2D eigenvalue weighted by molar-refractivity contribution is -0.116. The molecule has 0 fully saturated rings. The fourth-order valence-corrected chi connectivity index (χ4v) is 4.25. The van der Waals surface area contributed by atoms with E-state index in [1.165, 1.54) is 24.2 Å².